The van der Waals surface area contributed by atoms with Gasteiger partial charge in [-0.3, -0.25) is 14.4 Å². The van der Waals surface area contributed by atoms with Gasteiger partial charge in [-0.25, -0.2) is 0 Å². The second kappa shape index (κ2) is 3.70. The van der Waals surface area contributed by atoms with Gasteiger partial charge in [0.1, 0.15) is 0 Å². The highest BCUT2D eigenvalue weighted by atomic mass is 16.2. The zero-order chi connectivity index (χ0) is 9.78. The van der Waals surface area contributed by atoms with E-state index >= 15 is 0 Å². The third kappa shape index (κ3) is 2.57. The Morgan fingerprint density at radius 1 is 1.50 bits per heavy atom. The van der Waals surface area contributed by atoms with Gasteiger partial charge in [0.15, 0.2) is 5.66 Å². The molecule has 0 saturated heterocycles. The first kappa shape index (κ1) is 10.4. The van der Waals surface area contributed by atoms with Crippen molar-refractivity contribution in [1.82, 2.24) is 10.6 Å². The molecule has 0 bridgehead atoms. The van der Waals surface area contributed by atoms with E-state index in [4.69, 9.17) is 5.73 Å². The normalized spacial score (nSPS) is 14.2. The van der Waals surface area contributed by atoms with Crippen molar-refractivity contribution in [2.45, 2.75) is 19.5 Å². The number of hydrogen-bond acceptors (Lipinski definition) is 3. The molecule has 68 valence electrons. The summed E-state index contributed by atoms with van der Waals surface area (Å²) in [7, 11) is 0. The summed E-state index contributed by atoms with van der Waals surface area (Å²) < 4.78 is 0. The van der Waals surface area contributed by atoms with Crippen molar-refractivity contribution >= 4 is 18.2 Å². The highest BCUT2D eigenvalue weighted by Crippen LogP contribution is 1.95. The quantitative estimate of drug-likeness (QED) is 0.341. The fourth-order valence-corrected chi connectivity index (χ4v) is 0.639. The Morgan fingerprint density at radius 3 is 2.25 bits per heavy atom. The number of nitrogens with two attached hydrogens (primary N) is 1. The average Bonchev–Trinajstić information content (AvgIpc) is 1.85. The Hall–Kier alpha value is -1.59. The van der Waals surface area contributed by atoms with Gasteiger partial charge >= 0.3 is 0 Å². The van der Waals surface area contributed by atoms with Crippen LogP contribution < -0.4 is 16.4 Å². The van der Waals surface area contributed by atoms with Crippen LogP contribution in [0.15, 0.2) is 0 Å². The van der Waals surface area contributed by atoms with Gasteiger partial charge in [-0.2, -0.15) is 0 Å². The van der Waals surface area contributed by atoms with Crippen molar-refractivity contribution in [3.05, 3.63) is 0 Å². The lowest BCUT2D eigenvalue weighted by atomic mass is 10.2. The van der Waals surface area contributed by atoms with E-state index < -0.39 is 17.5 Å². The molecule has 4 N–H and O–H groups in total. The minimum Gasteiger partial charge on any atom is -0.366 e. The first-order valence-corrected chi connectivity index (χ1v) is 3.22. The molecule has 0 aromatic heterocycles. The average molecular weight is 173 g/mol. The Balaban J connectivity index is 4.49. The number of nitrogens with one attached hydrogen (secondary N) is 2. The molecule has 6 heteroatoms. The van der Waals surface area contributed by atoms with E-state index in [1.165, 1.54) is 13.8 Å². The SMILES string of the molecule is CC(=O)NC(C)(NC=O)C(N)=O. The minimum absolute atomic E-state index is 0.292. The van der Waals surface area contributed by atoms with Crippen LogP contribution in [0.5, 0.6) is 0 Å². The summed E-state index contributed by atoms with van der Waals surface area (Å²) in [6.07, 6.45) is 0.292. The van der Waals surface area contributed by atoms with E-state index in [-0.39, 0.29) is 0 Å². The maximum Gasteiger partial charge on any atom is 0.263 e. The third-order valence-electron chi connectivity index (χ3n) is 1.27. The monoisotopic (exact) mass is 173 g/mol. The highest BCUT2D eigenvalue weighted by Gasteiger charge is 2.30. The number of rotatable bonds is 4. The van der Waals surface area contributed by atoms with Gasteiger partial charge < -0.3 is 16.4 Å². The predicted molar refractivity (Wildman–Crippen MR) is 40.6 cm³/mol. The summed E-state index contributed by atoms with van der Waals surface area (Å²) in [6.45, 7) is 2.51. The molecule has 1 atom stereocenters. The zero-order valence-corrected chi connectivity index (χ0v) is 6.88. The van der Waals surface area contributed by atoms with E-state index in [1.54, 1.807) is 0 Å². The standard InChI is InChI=1S/C6H11N3O3/c1-4(11)9-6(2,5(7)12)8-3-10/h3H,1-2H3,(H2,7,12)(H,8,10)(H,9,11). The number of amides is 3. The minimum atomic E-state index is -1.51. The molecule has 0 aromatic carbocycles. The summed E-state index contributed by atoms with van der Waals surface area (Å²) in [5.74, 6) is -1.28. The van der Waals surface area contributed by atoms with Gasteiger partial charge in [-0.1, -0.05) is 0 Å². The Morgan fingerprint density at radius 2 is 2.00 bits per heavy atom. The molecule has 12 heavy (non-hydrogen) atoms. The summed E-state index contributed by atoms with van der Waals surface area (Å²) in [5, 5.41) is 4.30. The van der Waals surface area contributed by atoms with Gasteiger partial charge in [-0.15, -0.1) is 0 Å². The van der Waals surface area contributed by atoms with Crippen LogP contribution in [0.4, 0.5) is 0 Å². The van der Waals surface area contributed by atoms with Crippen molar-refractivity contribution in [3.63, 3.8) is 0 Å². The summed E-state index contributed by atoms with van der Waals surface area (Å²) >= 11 is 0. The molecule has 0 heterocycles. The highest BCUT2D eigenvalue weighted by molar-refractivity contribution is 5.90. The van der Waals surface area contributed by atoms with Gasteiger partial charge in [-0.05, 0) is 6.92 Å². The van der Waals surface area contributed by atoms with E-state index in [1.807, 2.05) is 0 Å². The third-order valence-corrected chi connectivity index (χ3v) is 1.27. The van der Waals surface area contributed by atoms with Crippen LogP contribution >= 0.6 is 0 Å². The molecule has 0 spiro atoms. The lowest BCUT2D eigenvalue weighted by Gasteiger charge is -2.25. The van der Waals surface area contributed by atoms with Crippen molar-refractivity contribution in [2.24, 2.45) is 5.73 Å². The van der Waals surface area contributed by atoms with E-state index in [9.17, 15) is 14.4 Å². The second-order valence-corrected chi connectivity index (χ2v) is 2.43. The van der Waals surface area contributed by atoms with Crippen LogP contribution in [0.1, 0.15) is 13.8 Å². The largest absolute Gasteiger partial charge is 0.366 e. The van der Waals surface area contributed by atoms with Gasteiger partial charge in [0.25, 0.3) is 5.91 Å². The molecule has 0 fully saturated rings. The van der Waals surface area contributed by atoms with Crippen molar-refractivity contribution in [3.8, 4) is 0 Å². The Kier molecular flexibility index (Phi) is 3.21. The summed E-state index contributed by atoms with van der Waals surface area (Å²) in [5.41, 5.74) is 3.42. The molecule has 0 aromatic rings. The molecule has 1 unspecified atom stereocenters. The Labute approximate surface area is 69.5 Å². The molecule has 0 rings (SSSR count). The number of carbonyl (C=O) groups is 3. The second-order valence-electron chi connectivity index (χ2n) is 2.43. The van der Waals surface area contributed by atoms with Crippen LogP contribution in [0.2, 0.25) is 0 Å². The topological polar surface area (TPSA) is 101 Å². The van der Waals surface area contributed by atoms with Crippen molar-refractivity contribution < 1.29 is 14.4 Å². The maximum atomic E-state index is 10.7. The van der Waals surface area contributed by atoms with Crippen LogP contribution in [0, 0.1) is 0 Å². The molecule has 0 aliphatic rings. The summed E-state index contributed by atoms with van der Waals surface area (Å²) in [6, 6.07) is 0. The van der Waals surface area contributed by atoms with Crippen molar-refractivity contribution in [2.75, 3.05) is 0 Å². The number of carbonyl (C=O) groups excluding carboxylic acids is 3. The predicted octanol–water partition coefficient (Wildman–Crippen LogP) is -1.93. The van der Waals surface area contributed by atoms with Crippen LogP contribution in [0.3, 0.4) is 0 Å². The van der Waals surface area contributed by atoms with Crippen molar-refractivity contribution in [1.29, 1.82) is 0 Å². The fourth-order valence-electron chi connectivity index (χ4n) is 0.639. The molecule has 3 amide bonds. The Bertz CT molecular complexity index is 216. The first-order valence-electron chi connectivity index (χ1n) is 3.22. The number of primary amides is 1. The molecule has 6 nitrogen and oxygen atoms in total. The first-order chi connectivity index (χ1) is 5.42. The zero-order valence-electron chi connectivity index (χ0n) is 6.88. The molecule has 0 saturated carbocycles. The smallest absolute Gasteiger partial charge is 0.263 e. The molecular weight excluding hydrogens is 162 g/mol. The van der Waals surface area contributed by atoms with E-state index in [0.717, 1.165) is 0 Å². The van der Waals surface area contributed by atoms with Gasteiger partial charge in [0.2, 0.25) is 12.3 Å². The summed E-state index contributed by atoms with van der Waals surface area (Å²) in [4.78, 5) is 31.3. The molecule has 0 aliphatic heterocycles. The van der Waals surface area contributed by atoms with Crippen LogP contribution in [-0.4, -0.2) is 23.9 Å². The molecular formula is C6H11N3O3. The lowest BCUT2D eigenvalue weighted by molar-refractivity contribution is -0.133. The molecule has 0 radical (unpaired) electrons. The molecule has 0 aliphatic carbocycles. The van der Waals surface area contributed by atoms with E-state index in [2.05, 4.69) is 10.6 Å². The number of hydrogen-bond donors (Lipinski definition) is 3. The van der Waals surface area contributed by atoms with Gasteiger partial charge in [0, 0.05) is 6.92 Å². The van der Waals surface area contributed by atoms with Crippen LogP contribution in [-0.2, 0) is 14.4 Å². The fraction of sp³-hybridized carbons (Fsp3) is 0.500. The van der Waals surface area contributed by atoms with Crippen LogP contribution in [0.25, 0.3) is 0 Å². The van der Waals surface area contributed by atoms with E-state index in [0.29, 0.717) is 6.41 Å². The maximum absolute atomic E-state index is 10.7. The lowest BCUT2D eigenvalue weighted by Crippen LogP contribution is -2.63. The van der Waals surface area contributed by atoms with Gasteiger partial charge in [0.05, 0.1) is 0 Å².